The number of thiophene rings is 1. The van der Waals surface area contributed by atoms with Crippen molar-refractivity contribution in [2.75, 3.05) is 25.5 Å². The molecule has 0 aliphatic carbocycles. The number of piperidine rings is 1. The third kappa shape index (κ3) is 4.07. The Kier molecular flexibility index (Phi) is 5.87. The zero-order valence-electron chi connectivity index (χ0n) is 19.1. The summed E-state index contributed by atoms with van der Waals surface area (Å²) in [5.74, 6) is -0.185. The predicted molar refractivity (Wildman–Crippen MR) is 132 cm³/mol. The second-order valence-electron chi connectivity index (χ2n) is 8.45. The van der Waals surface area contributed by atoms with Crippen LogP contribution in [0.1, 0.15) is 34.5 Å². The highest BCUT2D eigenvalue weighted by molar-refractivity contribution is 7.21. The Labute approximate surface area is 199 Å². The van der Waals surface area contributed by atoms with Crippen LogP contribution in [0, 0.1) is 6.92 Å². The lowest BCUT2D eigenvalue weighted by molar-refractivity contribution is -0.132. The molecule has 0 unspecified atom stereocenters. The number of oxazole rings is 1. The number of rotatable bonds is 5. The Bertz CT molecular complexity index is 1460. The average molecular weight is 480 g/mol. The van der Waals surface area contributed by atoms with E-state index in [4.69, 9.17) is 9.15 Å². The fourth-order valence-corrected chi connectivity index (χ4v) is 5.48. The van der Waals surface area contributed by atoms with Crippen molar-refractivity contribution in [3.05, 3.63) is 57.4 Å². The molecule has 3 heterocycles. The summed E-state index contributed by atoms with van der Waals surface area (Å²) in [7, 11) is 1.61. The molecular formula is C25H25N3O5S. The maximum Gasteiger partial charge on any atom is 0.420 e. The Hall–Kier alpha value is -3.59. The number of nitrogens with one attached hydrogen (secondary N) is 1. The van der Waals surface area contributed by atoms with Gasteiger partial charge in [0, 0.05) is 23.5 Å². The minimum Gasteiger partial charge on any atom is -0.497 e. The molecule has 1 N–H and O–H groups in total. The van der Waals surface area contributed by atoms with Gasteiger partial charge in [-0.1, -0.05) is 0 Å². The SMILES string of the molecule is COc1ccc2sc(C(=O)Nc3ccc4oc(=O)n(CC(=O)N5CCCCC5)c4c3)c(C)c2c1. The van der Waals surface area contributed by atoms with Gasteiger partial charge in [0.2, 0.25) is 5.91 Å². The molecule has 8 nitrogen and oxygen atoms in total. The Morgan fingerprint density at radius 1 is 1.12 bits per heavy atom. The summed E-state index contributed by atoms with van der Waals surface area (Å²) >= 11 is 1.41. The van der Waals surface area contributed by atoms with Gasteiger partial charge in [0.25, 0.3) is 5.91 Å². The molecule has 1 aliphatic rings. The largest absolute Gasteiger partial charge is 0.497 e. The first kappa shape index (κ1) is 22.2. The molecule has 2 aromatic heterocycles. The molecule has 2 aromatic carbocycles. The van der Waals surface area contributed by atoms with Crippen LogP contribution in [0.15, 0.2) is 45.6 Å². The highest BCUT2D eigenvalue weighted by Gasteiger charge is 2.21. The zero-order valence-corrected chi connectivity index (χ0v) is 19.9. The summed E-state index contributed by atoms with van der Waals surface area (Å²) < 4.78 is 13.0. The normalized spacial score (nSPS) is 14.0. The van der Waals surface area contributed by atoms with Crippen LogP contribution >= 0.6 is 11.3 Å². The summed E-state index contributed by atoms with van der Waals surface area (Å²) in [6, 6.07) is 10.7. The Morgan fingerprint density at radius 3 is 2.68 bits per heavy atom. The molecule has 1 fully saturated rings. The van der Waals surface area contributed by atoms with E-state index in [1.165, 1.54) is 15.9 Å². The first-order valence-corrected chi connectivity index (χ1v) is 12.1. The lowest BCUT2D eigenvalue weighted by atomic mass is 10.1. The van der Waals surface area contributed by atoms with Gasteiger partial charge in [0.1, 0.15) is 12.3 Å². The van der Waals surface area contributed by atoms with E-state index in [-0.39, 0.29) is 18.4 Å². The molecule has 0 bridgehead atoms. The number of amides is 2. The number of nitrogens with zero attached hydrogens (tertiary/aromatic N) is 2. The van der Waals surface area contributed by atoms with Crippen molar-refractivity contribution in [2.45, 2.75) is 32.7 Å². The first-order valence-electron chi connectivity index (χ1n) is 11.2. The molecule has 2 amide bonds. The number of hydrogen-bond donors (Lipinski definition) is 1. The number of carbonyl (C=O) groups is 2. The summed E-state index contributed by atoms with van der Waals surface area (Å²) in [5, 5.41) is 3.90. The molecule has 34 heavy (non-hydrogen) atoms. The number of carbonyl (C=O) groups excluding carboxylic acids is 2. The molecule has 0 saturated carbocycles. The van der Waals surface area contributed by atoms with Crippen LogP contribution in [-0.2, 0) is 11.3 Å². The molecule has 9 heteroatoms. The molecule has 0 spiro atoms. The number of ether oxygens (including phenoxy) is 1. The number of likely N-dealkylation sites (tertiary alicyclic amines) is 1. The summed E-state index contributed by atoms with van der Waals surface area (Å²) in [5.41, 5.74) is 2.25. The van der Waals surface area contributed by atoms with Crippen LogP contribution in [-0.4, -0.2) is 41.5 Å². The average Bonchev–Trinajstić information content (AvgIpc) is 3.35. The van der Waals surface area contributed by atoms with Crippen molar-refractivity contribution in [3.63, 3.8) is 0 Å². The lowest BCUT2D eigenvalue weighted by Crippen LogP contribution is -2.39. The van der Waals surface area contributed by atoms with Crippen LogP contribution in [0.2, 0.25) is 0 Å². The Morgan fingerprint density at radius 2 is 1.91 bits per heavy atom. The smallest absolute Gasteiger partial charge is 0.420 e. The monoisotopic (exact) mass is 479 g/mol. The van der Waals surface area contributed by atoms with Crippen molar-refractivity contribution in [1.29, 1.82) is 0 Å². The van der Waals surface area contributed by atoms with E-state index in [1.54, 1.807) is 30.2 Å². The van der Waals surface area contributed by atoms with Gasteiger partial charge < -0.3 is 19.4 Å². The van der Waals surface area contributed by atoms with Gasteiger partial charge in [-0.15, -0.1) is 11.3 Å². The van der Waals surface area contributed by atoms with E-state index in [2.05, 4.69) is 5.32 Å². The summed E-state index contributed by atoms with van der Waals surface area (Å²) in [4.78, 5) is 40.6. The number of aromatic nitrogens is 1. The molecule has 1 aliphatic heterocycles. The van der Waals surface area contributed by atoms with Crippen LogP contribution in [0.5, 0.6) is 5.75 Å². The van der Waals surface area contributed by atoms with Gasteiger partial charge in [-0.05, 0) is 73.5 Å². The van der Waals surface area contributed by atoms with E-state index in [1.807, 2.05) is 25.1 Å². The lowest BCUT2D eigenvalue weighted by Gasteiger charge is -2.26. The maximum atomic E-state index is 13.1. The van der Waals surface area contributed by atoms with Crippen molar-refractivity contribution < 1.29 is 18.7 Å². The van der Waals surface area contributed by atoms with E-state index >= 15 is 0 Å². The highest BCUT2D eigenvalue weighted by atomic mass is 32.1. The van der Waals surface area contributed by atoms with E-state index in [9.17, 15) is 14.4 Å². The molecule has 1 saturated heterocycles. The fraction of sp³-hybridized carbons (Fsp3) is 0.320. The van der Waals surface area contributed by atoms with Gasteiger partial charge in [-0.25, -0.2) is 4.79 Å². The van der Waals surface area contributed by atoms with Crippen molar-refractivity contribution in [3.8, 4) is 5.75 Å². The second-order valence-corrected chi connectivity index (χ2v) is 9.50. The third-order valence-electron chi connectivity index (χ3n) is 6.28. The minimum absolute atomic E-state index is 0.0828. The van der Waals surface area contributed by atoms with Gasteiger partial charge in [-0.3, -0.25) is 14.2 Å². The van der Waals surface area contributed by atoms with E-state index < -0.39 is 5.76 Å². The topological polar surface area (TPSA) is 93.8 Å². The number of anilines is 1. The Balaban J connectivity index is 1.41. The molecule has 176 valence electrons. The van der Waals surface area contributed by atoms with Crippen molar-refractivity contribution in [2.24, 2.45) is 0 Å². The van der Waals surface area contributed by atoms with Gasteiger partial charge in [0.15, 0.2) is 5.58 Å². The third-order valence-corrected chi connectivity index (χ3v) is 7.55. The van der Waals surface area contributed by atoms with Crippen LogP contribution in [0.4, 0.5) is 5.69 Å². The zero-order chi connectivity index (χ0) is 23.8. The quantitative estimate of drug-likeness (QED) is 0.458. The van der Waals surface area contributed by atoms with Crippen LogP contribution < -0.4 is 15.8 Å². The van der Waals surface area contributed by atoms with Crippen LogP contribution in [0.3, 0.4) is 0 Å². The van der Waals surface area contributed by atoms with E-state index in [0.717, 1.165) is 40.7 Å². The summed E-state index contributed by atoms with van der Waals surface area (Å²) in [6.45, 7) is 3.26. The first-order chi connectivity index (χ1) is 16.4. The number of benzene rings is 2. The van der Waals surface area contributed by atoms with Gasteiger partial charge >= 0.3 is 5.76 Å². The predicted octanol–water partition coefficient (Wildman–Crippen LogP) is 4.39. The maximum absolute atomic E-state index is 13.1. The standard InChI is InChI=1S/C25H25N3O5S/c1-15-18-13-17(32-2)7-9-21(18)34-23(15)24(30)26-16-6-8-20-19(12-16)28(25(31)33-20)14-22(29)27-10-4-3-5-11-27/h6-9,12-13H,3-5,10-11,14H2,1-2H3,(H,26,30). The second kappa shape index (κ2) is 8.98. The molecule has 0 atom stereocenters. The van der Waals surface area contributed by atoms with Crippen molar-refractivity contribution >= 4 is 50.0 Å². The van der Waals surface area contributed by atoms with E-state index in [0.29, 0.717) is 34.8 Å². The number of hydrogen-bond acceptors (Lipinski definition) is 6. The molecular weight excluding hydrogens is 454 g/mol. The van der Waals surface area contributed by atoms with Gasteiger partial charge in [0.05, 0.1) is 17.5 Å². The van der Waals surface area contributed by atoms with Crippen molar-refractivity contribution in [1.82, 2.24) is 9.47 Å². The summed E-state index contributed by atoms with van der Waals surface area (Å²) in [6.07, 6.45) is 3.08. The van der Waals surface area contributed by atoms with Crippen LogP contribution in [0.25, 0.3) is 21.2 Å². The van der Waals surface area contributed by atoms with Gasteiger partial charge in [-0.2, -0.15) is 0 Å². The highest BCUT2D eigenvalue weighted by Crippen LogP contribution is 2.34. The minimum atomic E-state index is -0.585. The number of aryl methyl sites for hydroxylation is 1. The molecule has 5 rings (SSSR count). The molecule has 0 radical (unpaired) electrons. The number of methoxy groups -OCH3 is 1. The molecule has 4 aromatic rings. The fourth-order valence-electron chi connectivity index (χ4n) is 4.40. The number of fused-ring (bicyclic) bond motifs is 2.